The largest absolute Gasteiger partial charge is 0.348 e. The molecule has 4 aromatic rings. The molecule has 0 radical (unpaired) electrons. The van der Waals surface area contributed by atoms with Crippen LogP contribution in [-0.2, 0) is 6.54 Å². The Morgan fingerprint density at radius 3 is 2.59 bits per heavy atom. The normalized spacial score (nSPS) is 15.8. The van der Waals surface area contributed by atoms with E-state index in [-0.39, 0.29) is 24.8 Å². The lowest BCUT2D eigenvalue weighted by molar-refractivity contribution is 0.551. The van der Waals surface area contributed by atoms with Crippen molar-refractivity contribution in [3.63, 3.8) is 0 Å². The van der Waals surface area contributed by atoms with Crippen LogP contribution in [0.4, 0.5) is 0 Å². The summed E-state index contributed by atoms with van der Waals surface area (Å²) in [5, 5.41) is 4.78. The van der Waals surface area contributed by atoms with Crippen molar-refractivity contribution in [1.29, 1.82) is 0 Å². The number of nitrogens with one attached hydrogen (secondary N) is 1. The van der Waals surface area contributed by atoms with Crippen molar-refractivity contribution in [1.82, 2.24) is 19.4 Å². The van der Waals surface area contributed by atoms with Crippen LogP contribution in [0.2, 0.25) is 0 Å². The van der Waals surface area contributed by atoms with E-state index in [0.717, 1.165) is 31.7 Å². The van der Waals surface area contributed by atoms with Gasteiger partial charge >= 0.3 is 0 Å². The molecule has 1 N–H and O–H groups in total. The maximum Gasteiger partial charge on any atom is 0.0963 e. The van der Waals surface area contributed by atoms with Crippen molar-refractivity contribution in [2.75, 3.05) is 13.1 Å². The molecule has 1 aliphatic heterocycles. The second-order valence-corrected chi connectivity index (χ2v) is 7.24. The first kappa shape index (κ1) is 21.4. The standard InChI is InChI=1S/C23H24N4.2ClH/c1-2-26-13-11-17-8-9-19(14-21(17)26)23-22(18-6-4-3-5-7-18)25-16-27(23)20-10-12-24-15-20;;/h3-9,11,13-14,16,20,24H,2,10,12,15H2,1H3;2*1H. The number of imidazole rings is 1. The predicted octanol–water partition coefficient (Wildman–Crippen LogP) is 5.57. The summed E-state index contributed by atoms with van der Waals surface area (Å²) in [4.78, 5) is 4.85. The molecule has 1 saturated heterocycles. The Morgan fingerprint density at radius 1 is 1.03 bits per heavy atom. The number of benzene rings is 2. The third-order valence-electron chi connectivity index (χ3n) is 5.66. The van der Waals surface area contributed by atoms with Crippen molar-refractivity contribution in [3.05, 3.63) is 67.1 Å². The molecule has 152 valence electrons. The molecule has 0 amide bonds. The number of rotatable bonds is 4. The van der Waals surface area contributed by atoms with Crippen molar-refractivity contribution >= 4 is 35.7 Å². The number of hydrogen-bond acceptors (Lipinski definition) is 2. The van der Waals surface area contributed by atoms with Gasteiger partial charge in [-0.05, 0) is 37.4 Å². The van der Waals surface area contributed by atoms with Gasteiger partial charge in [-0.3, -0.25) is 0 Å². The molecule has 29 heavy (non-hydrogen) atoms. The zero-order valence-corrected chi connectivity index (χ0v) is 18.0. The number of hydrogen-bond donors (Lipinski definition) is 1. The molecule has 0 spiro atoms. The Labute approximate surface area is 183 Å². The predicted molar refractivity (Wildman–Crippen MR) is 125 cm³/mol. The van der Waals surface area contributed by atoms with E-state index in [1.807, 2.05) is 6.33 Å². The molecule has 0 bridgehead atoms. The highest BCUT2D eigenvalue weighted by molar-refractivity contribution is 5.88. The molecule has 4 nitrogen and oxygen atoms in total. The SMILES string of the molecule is CCn1ccc2ccc(-c3c(-c4ccccc4)ncn3C3CCNC3)cc21.Cl.Cl. The number of halogens is 2. The molecule has 0 aliphatic carbocycles. The van der Waals surface area contributed by atoms with Crippen LogP contribution in [0.25, 0.3) is 33.4 Å². The lowest BCUT2D eigenvalue weighted by Crippen LogP contribution is -2.13. The Hall–Kier alpha value is -2.27. The Bertz CT molecular complexity index is 1080. The average Bonchev–Trinajstić information content (AvgIpc) is 3.46. The fourth-order valence-corrected chi connectivity index (χ4v) is 4.21. The quantitative estimate of drug-likeness (QED) is 0.460. The third-order valence-corrected chi connectivity index (χ3v) is 5.66. The summed E-state index contributed by atoms with van der Waals surface area (Å²) in [6, 6.07) is 20.0. The Balaban J connectivity index is 0.00000120. The van der Waals surface area contributed by atoms with Gasteiger partial charge in [0.2, 0.25) is 0 Å². The molecule has 5 rings (SSSR count). The summed E-state index contributed by atoms with van der Waals surface area (Å²) < 4.78 is 4.68. The second kappa shape index (κ2) is 9.04. The molecule has 1 aliphatic rings. The number of fused-ring (bicyclic) bond motifs is 1. The number of aryl methyl sites for hydroxylation is 1. The van der Waals surface area contributed by atoms with Crippen molar-refractivity contribution < 1.29 is 0 Å². The lowest BCUT2D eigenvalue weighted by atomic mass is 10.0. The first-order valence-corrected chi connectivity index (χ1v) is 9.77. The van der Waals surface area contributed by atoms with Crippen LogP contribution in [0.1, 0.15) is 19.4 Å². The molecular weight excluding hydrogens is 403 g/mol. The van der Waals surface area contributed by atoms with Gasteiger partial charge in [0.1, 0.15) is 0 Å². The first-order chi connectivity index (χ1) is 13.3. The van der Waals surface area contributed by atoms with Crippen LogP contribution >= 0.6 is 24.8 Å². The van der Waals surface area contributed by atoms with Gasteiger partial charge in [0.25, 0.3) is 0 Å². The minimum atomic E-state index is 0. The first-order valence-electron chi connectivity index (χ1n) is 9.77. The molecule has 3 heterocycles. The highest BCUT2D eigenvalue weighted by Crippen LogP contribution is 2.36. The highest BCUT2D eigenvalue weighted by atomic mass is 35.5. The summed E-state index contributed by atoms with van der Waals surface area (Å²) in [6.07, 6.45) is 5.34. The Kier molecular flexibility index (Phi) is 6.68. The van der Waals surface area contributed by atoms with E-state index in [2.05, 4.69) is 82.2 Å². The van der Waals surface area contributed by atoms with Gasteiger partial charge in [0.15, 0.2) is 0 Å². The third kappa shape index (κ3) is 3.80. The van der Waals surface area contributed by atoms with Crippen LogP contribution in [-0.4, -0.2) is 27.2 Å². The zero-order chi connectivity index (χ0) is 18.2. The topological polar surface area (TPSA) is 34.8 Å². The zero-order valence-electron chi connectivity index (χ0n) is 16.4. The van der Waals surface area contributed by atoms with Gasteiger partial charge in [-0.25, -0.2) is 4.98 Å². The fraction of sp³-hybridized carbons (Fsp3) is 0.261. The van der Waals surface area contributed by atoms with Crippen LogP contribution in [0, 0.1) is 0 Å². The molecule has 1 atom stereocenters. The molecular formula is C23H26Cl2N4. The summed E-state index contributed by atoms with van der Waals surface area (Å²) in [5.41, 5.74) is 5.98. The smallest absolute Gasteiger partial charge is 0.0963 e. The van der Waals surface area contributed by atoms with E-state index in [1.165, 1.54) is 27.7 Å². The second-order valence-electron chi connectivity index (χ2n) is 7.24. The highest BCUT2D eigenvalue weighted by Gasteiger charge is 2.23. The monoisotopic (exact) mass is 428 g/mol. The van der Waals surface area contributed by atoms with Gasteiger partial charge in [0, 0.05) is 42.0 Å². The molecule has 6 heteroatoms. The van der Waals surface area contributed by atoms with Crippen molar-refractivity contribution in [2.45, 2.75) is 25.9 Å². The van der Waals surface area contributed by atoms with Crippen LogP contribution in [0.15, 0.2) is 67.1 Å². The molecule has 0 saturated carbocycles. The summed E-state index contributed by atoms with van der Waals surface area (Å²) >= 11 is 0. The van der Waals surface area contributed by atoms with Gasteiger partial charge in [-0.15, -0.1) is 24.8 Å². The van der Waals surface area contributed by atoms with E-state index >= 15 is 0 Å². The Morgan fingerprint density at radius 2 is 1.86 bits per heavy atom. The fourth-order valence-electron chi connectivity index (χ4n) is 4.21. The molecule has 2 aromatic heterocycles. The van der Waals surface area contributed by atoms with Crippen molar-refractivity contribution in [3.8, 4) is 22.5 Å². The molecule has 1 unspecified atom stereocenters. The average molecular weight is 429 g/mol. The number of aromatic nitrogens is 3. The van der Waals surface area contributed by atoms with Gasteiger partial charge < -0.3 is 14.5 Å². The molecule has 1 fully saturated rings. The van der Waals surface area contributed by atoms with Gasteiger partial charge in [0.05, 0.1) is 17.7 Å². The maximum atomic E-state index is 4.85. The van der Waals surface area contributed by atoms with Gasteiger partial charge in [-0.2, -0.15) is 0 Å². The summed E-state index contributed by atoms with van der Waals surface area (Å²) in [7, 11) is 0. The minimum Gasteiger partial charge on any atom is -0.348 e. The number of nitrogens with zero attached hydrogens (tertiary/aromatic N) is 3. The minimum absolute atomic E-state index is 0. The van der Waals surface area contributed by atoms with Crippen LogP contribution in [0.5, 0.6) is 0 Å². The van der Waals surface area contributed by atoms with E-state index < -0.39 is 0 Å². The summed E-state index contributed by atoms with van der Waals surface area (Å²) in [5.74, 6) is 0. The van der Waals surface area contributed by atoms with Crippen LogP contribution < -0.4 is 5.32 Å². The van der Waals surface area contributed by atoms with Crippen LogP contribution in [0.3, 0.4) is 0 Å². The lowest BCUT2D eigenvalue weighted by Gasteiger charge is -2.16. The maximum absolute atomic E-state index is 4.85. The summed E-state index contributed by atoms with van der Waals surface area (Å²) in [6.45, 7) is 5.24. The molecule has 2 aromatic carbocycles. The van der Waals surface area contributed by atoms with Crippen molar-refractivity contribution in [2.24, 2.45) is 0 Å². The van der Waals surface area contributed by atoms with E-state index in [4.69, 9.17) is 4.98 Å². The van der Waals surface area contributed by atoms with E-state index in [0.29, 0.717) is 6.04 Å². The van der Waals surface area contributed by atoms with E-state index in [1.54, 1.807) is 0 Å². The van der Waals surface area contributed by atoms with Gasteiger partial charge in [-0.1, -0.05) is 42.5 Å². The van der Waals surface area contributed by atoms with E-state index in [9.17, 15) is 0 Å².